The van der Waals surface area contributed by atoms with Crippen molar-refractivity contribution in [1.82, 2.24) is 25.3 Å². The number of nitrogens with one attached hydrogen (secondary N) is 1. The zero-order valence-electron chi connectivity index (χ0n) is 11.5. The number of nitrogens with zero attached hydrogens (tertiary/aromatic N) is 4. The minimum atomic E-state index is -0.321. The lowest BCUT2D eigenvalue weighted by Crippen LogP contribution is -2.28. The van der Waals surface area contributed by atoms with Gasteiger partial charge < -0.3 is 10.1 Å². The van der Waals surface area contributed by atoms with Gasteiger partial charge in [0.25, 0.3) is 11.5 Å². The highest BCUT2D eigenvalue weighted by Gasteiger charge is 2.07. The summed E-state index contributed by atoms with van der Waals surface area (Å²) in [6.07, 6.45) is 2.14. The predicted molar refractivity (Wildman–Crippen MR) is 74.0 cm³/mol. The molecule has 0 aromatic carbocycles. The van der Waals surface area contributed by atoms with Crippen molar-refractivity contribution in [2.45, 2.75) is 13.0 Å². The molecule has 21 heavy (non-hydrogen) atoms. The molecule has 0 saturated carbocycles. The molecule has 2 aromatic heterocycles. The van der Waals surface area contributed by atoms with Crippen LogP contribution in [-0.4, -0.2) is 39.5 Å². The van der Waals surface area contributed by atoms with E-state index in [4.69, 9.17) is 4.74 Å². The lowest BCUT2D eigenvalue weighted by atomic mass is 10.3. The van der Waals surface area contributed by atoms with Gasteiger partial charge in [-0.15, -0.1) is 10.2 Å². The van der Waals surface area contributed by atoms with Crippen molar-refractivity contribution in [1.29, 1.82) is 0 Å². The third kappa shape index (κ3) is 4.10. The number of aromatic nitrogens is 4. The maximum Gasteiger partial charge on any atom is 0.271 e. The van der Waals surface area contributed by atoms with Gasteiger partial charge in [0.2, 0.25) is 5.88 Å². The molecular formula is C13H15N5O3. The van der Waals surface area contributed by atoms with E-state index in [-0.39, 0.29) is 17.2 Å². The normalized spacial score (nSPS) is 10.1. The number of hydrogen-bond donors (Lipinski definition) is 1. The van der Waals surface area contributed by atoms with Crippen molar-refractivity contribution >= 4 is 5.91 Å². The minimum Gasteiger partial charge on any atom is -0.480 e. The number of methoxy groups -OCH3 is 1. The van der Waals surface area contributed by atoms with Crippen molar-refractivity contribution < 1.29 is 9.53 Å². The van der Waals surface area contributed by atoms with Crippen LogP contribution in [0.3, 0.4) is 0 Å². The molecule has 0 fully saturated rings. The molecule has 2 rings (SSSR count). The Bertz CT molecular complexity index is 653. The summed E-state index contributed by atoms with van der Waals surface area (Å²) in [4.78, 5) is 23.2. The fourth-order valence-electron chi connectivity index (χ4n) is 1.63. The third-order valence-electron chi connectivity index (χ3n) is 2.70. The van der Waals surface area contributed by atoms with E-state index in [1.807, 2.05) is 0 Å². The van der Waals surface area contributed by atoms with Gasteiger partial charge in [0.05, 0.1) is 7.11 Å². The summed E-state index contributed by atoms with van der Waals surface area (Å²) >= 11 is 0. The molecular weight excluding hydrogens is 274 g/mol. The van der Waals surface area contributed by atoms with Gasteiger partial charge in [-0.25, -0.2) is 4.68 Å². The summed E-state index contributed by atoms with van der Waals surface area (Å²) in [5, 5.41) is 14.1. The van der Waals surface area contributed by atoms with Crippen LogP contribution >= 0.6 is 0 Å². The molecule has 0 aliphatic rings. The number of carbonyl (C=O) groups is 1. The van der Waals surface area contributed by atoms with E-state index in [9.17, 15) is 9.59 Å². The standard InChI is InChI=1S/C13H15N5O3/c1-21-11-6-5-10(16-17-11)13(20)14-7-3-9-18-12(19)4-2-8-15-18/h2,4-6,8H,3,7,9H2,1H3,(H,14,20). The van der Waals surface area contributed by atoms with E-state index >= 15 is 0 Å². The number of carbonyl (C=O) groups excluding carboxylic acids is 1. The van der Waals surface area contributed by atoms with Gasteiger partial charge in [-0.2, -0.15) is 5.10 Å². The smallest absolute Gasteiger partial charge is 0.271 e. The van der Waals surface area contributed by atoms with Gasteiger partial charge in [-0.05, 0) is 18.6 Å². The van der Waals surface area contributed by atoms with Gasteiger partial charge in [0, 0.05) is 31.4 Å². The minimum absolute atomic E-state index is 0.162. The van der Waals surface area contributed by atoms with Gasteiger partial charge >= 0.3 is 0 Å². The van der Waals surface area contributed by atoms with Crippen molar-refractivity contribution in [2.75, 3.05) is 13.7 Å². The first kappa shape index (κ1) is 14.6. The van der Waals surface area contributed by atoms with Crippen LogP contribution in [0.5, 0.6) is 5.88 Å². The Morgan fingerprint density at radius 3 is 2.86 bits per heavy atom. The van der Waals surface area contributed by atoms with Gasteiger partial charge in [0.1, 0.15) is 0 Å². The average molecular weight is 289 g/mol. The zero-order valence-corrected chi connectivity index (χ0v) is 11.5. The Labute approximate surface area is 120 Å². The van der Waals surface area contributed by atoms with Gasteiger partial charge in [-0.3, -0.25) is 9.59 Å². The predicted octanol–water partition coefficient (Wildman–Crippen LogP) is -0.138. The van der Waals surface area contributed by atoms with Crippen LogP contribution in [0, 0.1) is 0 Å². The number of rotatable bonds is 6. The summed E-state index contributed by atoms with van der Waals surface area (Å²) in [5.41, 5.74) is 0.0515. The molecule has 0 radical (unpaired) electrons. The first-order valence-electron chi connectivity index (χ1n) is 6.39. The maximum atomic E-state index is 11.8. The average Bonchev–Trinajstić information content (AvgIpc) is 2.53. The first-order chi connectivity index (χ1) is 10.2. The van der Waals surface area contributed by atoms with Crippen LogP contribution in [-0.2, 0) is 6.54 Å². The van der Waals surface area contributed by atoms with E-state index in [0.29, 0.717) is 25.4 Å². The van der Waals surface area contributed by atoms with Crippen LogP contribution in [0.2, 0.25) is 0 Å². The first-order valence-corrected chi connectivity index (χ1v) is 6.39. The number of amides is 1. The molecule has 8 nitrogen and oxygen atoms in total. The molecule has 110 valence electrons. The maximum absolute atomic E-state index is 11.8. The van der Waals surface area contributed by atoms with Crippen LogP contribution in [0.1, 0.15) is 16.9 Å². The molecule has 0 bridgehead atoms. The Morgan fingerprint density at radius 2 is 2.19 bits per heavy atom. The number of hydrogen-bond acceptors (Lipinski definition) is 6. The molecule has 0 atom stereocenters. The van der Waals surface area contributed by atoms with E-state index in [1.165, 1.54) is 23.9 Å². The fraction of sp³-hybridized carbons (Fsp3) is 0.308. The van der Waals surface area contributed by atoms with Crippen LogP contribution < -0.4 is 15.6 Å². The number of ether oxygens (including phenoxy) is 1. The van der Waals surface area contributed by atoms with E-state index < -0.39 is 0 Å². The summed E-state index contributed by atoms with van der Waals surface area (Å²) in [6.45, 7) is 0.851. The Hall–Kier alpha value is -2.77. The molecule has 2 aromatic rings. The highest BCUT2D eigenvalue weighted by atomic mass is 16.5. The van der Waals surface area contributed by atoms with Gasteiger partial charge in [-0.1, -0.05) is 0 Å². The number of aryl methyl sites for hydroxylation is 1. The molecule has 0 saturated heterocycles. The second kappa shape index (κ2) is 7.13. The summed E-state index contributed by atoms with van der Waals surface area (Å²) in [6, 6.07) is 6.13. The SMILES string of the molecule is COc1ccc(C(=O)NCCCn2ncccc2=O)nn1. The lowest BCUT2D eigenvalue weighted by Gasteiger charge is -2.05. The second-order valence-corrected chi connectivity index (χ2v) is 4.16. The van der Waals surface area contributed by atoms with E-state index in [0.717, 1.165) is 0 Å². The summed E-state index contributed by atoms with van der Waals surface area (Å²) in [5.74, 6) is 0.0274. The summed E-state index contributed by atoms with van der Waals surface area (Å²) < 4.78 is 6.21. The van der Waals surface area contributed by atoms with Crippen molar-refractivity contribution in [3.63, 3.8) is 0 Å². The lowest BCUT2D eigenvalue weighted by molar-refractivity contribution is 0.0946. The molecule has 1 N–H and O–H groups in total. The largest absolute Gasteiger partial charge is 0.480 e. The molecule has 0 aliphatic heterocycles. The van der Waals surface area contributed by atoms with Crippen LogP contribution in [0.4, 0.5) is 0 Å². The molecule has 2 heterocycles. The van der Waals surface area contributed by atoms with Crippen LogP contribution in [0.25, 0.3) is 0 Å². The highest BCUT2D eigenvalue weighted by molar-refractivity contribution is 5.92. The van der Waals surface area contributed by atoms with E-state index in [1.54, 1.807) is 18.3 Å². The third-order valence-corrected chi connectivity index (χ3v) is 2.70. The van der Waals surface area contributed by atoms with Gasteiger partial charge in [0.15, 0.2) is 5.69 Å². The fourth-order valence-corrected chi connectivity index (χ4v) is 1.63. The molecule has 0 spiro atoms. The van der Waals surface area contributed by atoms with Crippen LogP contribution in [0.15, 0.2) is 35.3 Å². The monoisotopic (exact) mass is 289 g/mol. The second-order valence-electron chi connectivity index (χ2n) is 4.16. The molecule has 1 amide bonds. The molecule has 0 unspecified atom stereocenters. The Morgan fingerprint density at radius 1 is 1.33 bits per heavy atom. The highest BCUT2D eigenvalue weighted by Crippen LogP contribution is 2.03. The van der Waals surface area contributed by atoms with E-state index in [2.05, 4.69) is 20.6 Å². The topological polar surface area (TPSA) is 99.0 Å². The van der Waals surface area contributed by atoms with Crippen molar-refractivity contribution in [3.8, 4) is 5.88 Å². The van der Waals surface area contributed by atoms with Crippen molar-refractivity contribution in [2.24, 2.45) is 0 Å². The molecule has 8 heteroatoms. The molecule has 0 aliphatic carbocycles. The quantitative estimate of drug-likeness (QED) is 0.743. The summed E-state index contributed by atoms with van der Waals surface area (Å²) in [7, 11) is 1.48. The van der Waals surface area contributed by atoms with Crippen molar-refractivity contribution in [3.05, 3.63) is 46.5 Å². The Kier molecular flexibility index (Phi) is 4.97. The Balaban J connectivity index is 1.79. The zero-order chi connectivity index (χ0) is 15.1.